The molecule has 0 saturated heterocycles. The van der Waals surface area contributed by atoms with E-state index in [2.05, 4.69) is 15.3 Å². The Morgan fingerprint density at radius 3 is 2.46 bits per heavy atom. The molecule has 0 radical (unpaired) electrons. The minimum atomic E-state index is -0.606. The van der Waals surface area contributed by atoms with Crippen LogP contribution in [-0.2, 0) is 6.54 Å². The largest absolute Gasteiger partial charge is 0.350 e. The van der Waals surface area contributed by atoms with Gasteiger partial charge in [0.05, 0.1) is 10.9 Å². The lowest BCUT2D eigenvalue weighted by molar-refractivity contribution is 0.0943. The number of nitrogens with two attached hydrogens (primary N) is 1. The second-order valence-electron chi connectivity index (χ2n) is 7.61. The van der Waals surface area contributed by atoms with Crippen molar-refractivity contribution in [1.29, 1.82) is 0 Å². The van der Waals surface area contributed by atoms with Crippen LogP contribution in [0.2, 0.25) is 0 Å². The second kappa shape index (κ2) is 8.68. The number of H-pyrrole nitrogens is 1. The highest BCUT2D eigenvalue weighted by atomic mass is 16.2. The van der Waals surface area contributed by atoms with Gasteiger partial charge in [-0.25, -0.2) is 9.78 Å². The van der Waals surface area contributed by atoms with Crippen LogP contribution in [0, 0.1) is 0 Å². The van der Waals surface area contributed by atoms with Crippen molar-refractivity contribution in [1.82, 2.24) is 19.9 Å². The zero-order chi connectivity index (χ0) is 21.1. The van der Waals surface area contributed by atoms with Crippen LogP contribution in [0.25, 0.3) is 11.0 Å². The number of fused-ring (bicyclic) bond motifs is 1. The Hall–Kier alpha value is -2.48. The molecule has 0 aromatic carbocycles. The summed E-state index contributed by atoms with van der Waals surface area (Å²) in [6, 6.07) is 1.63. The monoisotopic (exact) mass is 389 g/mol. The third kappa shape index (κ3) is 4.32. The van der Waals surface area contributed by atoms with Crippen LogP contribution in [0.15, 0.2) is 15.7 Å². The molecule has 0 fully saturated rings. The first-order valence-corrected chi connectivity index (χ1v) is 9.92. The minimum absolute atomic E-state index is 0.0281. The van der Waals surface area contributed by atoms with E-state index in [9.17, 15) is 14.4 Å². The van der Waals surface area contributed by atoms with E-state index in [-0.39, 0.29) is 22.5 Å². The van der Waals surface area contributed by atoms with Crippen LogP contribution in [0.4, 0.5) is 0 Å². The molecule has 0 bridgehead atoms. The number of aryl methyl sites for hydroxylation is 1. The van der Waals surface area contributed by atoms with Gasteiger partial charge in [0.15, 0.2) is 5.65 Å². The molecule has 0 spiro atoms. The van der Waals surface area contributed by atoms with E-state index in [4.69, 9.17) is 5.73 Å². The van der Waals surface area contributed by atoms with E-state index in [0.29, 0.717) is 25.2 Å². The van der Waals surface area contributed by atoms with Crippen LogP contribution < -0.4 is 22.3 Å². The van der Waals surface area contributed by atoms with Crippen molar-refractivity contribution in [2.45, 2.75) is 71.9 Å². The number of amides is 1. The van der Waals surface area contributed by atoms with Crippen LogP contribution >= 0.6 is 0 Å². The Labute approximate surface area is 164 Å². The smallest absolute Gasteiger partial charge is 0.329 e. The lowest BCUT2D eigenvalue weighted by atomic mass is 9.94. The normalized spacial score (nSPS) is 12.0. The molecule has 0 aliphatic rings. The summed E-state index contributed by atoms with van der Waals surface area (Å²) < 4.78 is 1.42. The van der Waals surface area contributed by atoms with Crippen molar-refractivity contribution in [3.05, 3.63) is 38.2 Å². The van der Waals surface area contributed by atoms with Gasteiger partial charge in [-0.15, -0.1) is 0 Å². The maximum absolute atomic E-state index is 13.0. The zero-order valence-corrected chi connectivity index (χ0v) is 17.4. The van der Waals surface area contributed by atoms with Crippen molar-refractivity contribution in [3.8, 4) is 0 Å². The molecule has 2 heterocycles. The van der Waals surface area contributed by atoms with Crippen molar-refractivity contribution in [2.75, 3.05) is 6.54 Å². The van der Waals surface area contributed by atoms with Crippen LogP contribution in [0.3, 0.4) is 0 Å². The molecule has 1 amide bonds. The third-order valence-electron chi connectivity index (χ3n) is 5.26. The van der Waals surface area contributed by atoms with Crippen LogP contribution in [-0.4, -0.2) is 32.5 Å². The summed E-state index contributed by atoms with van der Waals surface area (Å²) in [4.78, 5) is 44.7. The van der Waals surface area contributed by atoms with Gasteiger partial charge in [0.1, 0.15) is 0 Å². The van der Waals surface area contributed by atoms with Crippen LogP contribution in [0.1, 0.15) is 75.9 Å². The van der Waals surface area contributed by atoms with Gasteiger partial charge in [0.25, 0.3) is 11.5 Å². The predicted molar refractivity (Wildman–Crippen MR) is 111 cm³/mol. The first-order valence-electron chi connectivity index (χ1n) is 9.92. The van der Waals surface area contributed by atoms with E-state index in [0.717, 1.165) is 12.8 Å². The number of carbonyl (C=O) groups is 1. The topological polar surface area (TPSA) is 123 Å². The van der Waals surface area contributed by atoms with Crippen molar-refractivity contribution < 1.29 is 4.79 Å². The van der Waals surface area contributed by atoms with Gasteiger partial charge in [-0.3, -0.25) is 19.1 Å². The minimum Gasteiger partial charge on any atom is -0.350 e. The van der Waals surface area contributed by atoms with Crippen molar-refractivity contribution >= 4 is 16.9 Å². The average molecular weight is 390 g/mol. The number of aromatic amines is 1. The van der Waals surface area contributed by atoms with E-state index in [1.165, 1.54) is 4.57 Å². The quantitative estimate of drug-likeness (QED) is 0.636. The van der Waals surface area contributed by atoms with Gasteiger partial charge in [-0.05, 0) is 31.2 Å². The number of rotatable bonds is 8. The molecule has 0 unspecified atom stereocenters. The molecule has 154 valence electrons. The van der Waals surface area contributed by atoms with Gasteiger partial charge in [-0.1, -0.05) is 34.6 Å². The summed E-state index contributed by atoms with van der Waals surface area (Å²) in [5, 5.41) is 2.99. The summed E-state index contributed by atoms with van der Waals surface area (Å²) in [5.74, 6) is -0.362. The Morgan fingerprint density at radius 1 is 1.29 bits per heavy atom. The first kappa shape index (κ1) is 21.8. The molecular formula is C20H31N5O3. The van der Waals surface area contributed by atoms with Crippen LogP contribution in [0.5, 0.6) is 0 Å². The summed E-state index contributed by atoms with van der Waals surface area (Å²) in [7, 11) is 0. The fourth-order valence-corrected chi connectivity index (χ4v) is 3.05. The molecule has 0 aliphatic heterocycles. The Kier molecular flexibility index (Phi) is 6.77. The molecule has 0 atom stereocenters. The number of carbonyl (C=O) groups excluding carboxylic acids is 1. The summed E-state index contributed by atoms with van der Waals surface area (Å²) >= 11 is 0. The molecule has 28 heavy (non-hydrogen) atoms. The molecule has 8 nitrogen and oxygen atoms in total. The highest BCUT2D eigenvalue weighted by molar-refractivity contribution is 6.05. The molecule has 0 saturated carbocycles. The summed E-state index contributed by atoms with van der Waals surface area (Å²) in [6.45, 7) is 10.5. The lowest BCUT2D eigenvalue weighted by Gasteiger charge is -2.27. The molecule has 2 aromatic rings. The van der Waals surface area contributed by atoms with Gasteiger partial charge < -0.3 is 11.1 Å². The zero-order valence-electron chi connectivity index (χ0n) is 17.4. The fraction of sp³-hybridized carbons (Fsp3) is 0.600. The number of pyridine rings is 1. The van der Waals surface area contributed by atoms with E-state index in [1.54, 1.807) is 6.07 Å². The number of nitrogens with zero attached hydrogens (tertiary/aromatic N) is 2. The molecule has 2 rings (SSSR count). The van der Waals surface area contributed by atoms with Gasteiger partial charge in [0, 0.05) is 24.3 Å². The molecule has 8 heteroatoms. The maximum atomic E-state index is 13.0. The number of aromatic nitrogens is 3. The molecule has 2 aromatic heterocycles. The van der Waals surface area contributed by atoms with Gasteiger partial charge in [0.2, 0.25) is 0 Å². The SMILES string of the molecule is CCCn1c(=O)[nH]c(=O)c2c(C(=O)NCC(N)(CC)CC)cc(C(C)C)nc21. The van der Waals surface area contributed by atoms with Gasteiger partial charge >= 0.3 is 5.69 Å². The first-order chi connectivity index (χ1) is 13.2. The molecule has 0 aliphatic carbocycles. The second-order valence-corrected chi connectivity index (χ2v) is 7.61. The Morgan fingerprint density at radius 2 is 1.93 bits per heavy atom. The van der Waals surface area contributed by atoms with Crippen molar-refractivity contribution in [3.63, 3.8) is 0 Å². The number of hydrogen-bond donors (Lipinski definition) is 3. The third-order valence-corrected chi connectivity index (χ3v) is 5.26. The lowest BCUT2D eigenvalue weighted by Crippen LogP contribution is -2.49. The van der Waals surface area contributed by atoms with E-state index < -0.39 is 22.7 Å². The number of hydrogen-bond acceptors (Lipinski definition) is 5. The average Bonchev–Trinajstić information content (AvgIpc) is 2.67. The summed E-state index contributed by atoms with van der Waals surface area (Å²) in [5.41, 5.74) is 5.77. The highest BCUT2D eigenvalue weighted by Gasteiger charge is 2.24. The van der Waals surface area contributed by atoms with Crippen molar-refractivity contribution in [2.24, 2.45) is 5.73 Å². The Bertz CT molecular complexity index is 970. The maximum Gasteiger partial charge on any atom is 0.329 e. The Balaban J connectivity index is 2.67. The van der Waals surface area contributed by atoms with Gasteiger partial charge in [-0.2, -0.15) is 0 Å². The fourth-order valence-electron chi connectivity index (χ4n) is 3.05. The number of nitrogens with one attached hydrogen (secondary N) is 2. The van der Waals surface area contributed by atoms with E-state index >= 15 is 0 Å². The highest BCUT2D eigenvalue weighted by Crippen LogP contribution is 2.20. The summed E-state index contributed by atoms with van der Waals surface area (Å²) in [6.07, 6.45) is 2.13. The molecular weight excluding hydrogens is 358 g/mol. The molecule has 4 N–H and O–H groups in total. The predicted octanol–water partition coefficient (Wildman–Crippen LogP) is 1.87. The standard InChI is InChI=1S/C20H31N5O3/c1-6-9-25-16-15(18(27)24-19(25)28)13(10-14(23-16)12(4)5)17(26)22-11-20(21,7-2)8-3/h10,12H,6-9,11,21H2,1-5H3,(H,22,26)(H,24,27,28). The van der Waals surface area contributed by atoms with E-state index in [1.807, 2.05) is 34.6 Å².